The fourth-order valence-corrected chi connectivity index (χ4v) is 3.29. The molecule has 0 saturated heterocycles. The van der Waals surface area contributed by atoms with Gasteiger partial charge in [0.2, 0.25) is 0 Å². The third kappa shape index (κ3) is 3.09. The molecule has 4 nitrogen and oxygen atoms in total. The highest BCUT2D eigenvalue weighted by Gasteiger charge is 2.21. The Morgan fingerprint density at radius 2 is 2.29 bits per heavy atom. The Labute approximate surface area is 133 Å². The van der Waals surface area contributed by atoms with Crippen molar-refractivity contribution < 1.29 is 4.74 Å². The maximum atomic E-state index is 5.81. The average molecular weight is 348 g/mol. The molecule has 1 aromatic carbocycles. The second kappa shape index (κ2) is 6.12. The minimum absolute atomic E-state index is 0.147. The van der Waals surface area contributed by atoms with Crippen LogP contribution in [0.25, 0.3) is 0 Å². The van der Waals surface area contributed by atoms with Crippen molar-refractivity contribution in [1.82, 2.24) is 15.3 Å². The zero-order chi connectivity index (χ0) is 14.8. The number of likely N-dealkylation sites (N-methyl/N-ethyl adjacent to an activating group) is 1. The van der Waals surface area contributed by atoms with Gasteiger partial charge in [0.25, 0.3) is 0 Å². The van der Waals surface area contributed by atoms with Gasteiger partial charge >= 0.3 is 0 Å². The monoisotopic (exact) mass is 347 g/mol. The molecule has 0 fully saturated rings. The number of rotatable bonds is 4. The number of hydrogen-bond acceptors (Lipinski definition) is 4. The zero-order valence-corrected chi connectivity index (χ0v) is 13.8. The molecule has 0 aliphatic carbocycles. The fourth-order valence-electron chi connectivity index (χ4n) is 2.74. The van der Waals surface area contributed by atoms with Gasteiger partial charge in [0.1, 0.15) is 11.6 Å². The van der Waals surface area contributed by atoms with E-state index >= 15 is 0 Å². The van der Waals surface area contributed by atoms with Crippen molar-refractivity contribution in [2.45, 2.75) is 25.8 Å². The van der Waals surface area contributed by atoms with Crippen LogP contribution in [0.3, 0.4) is 0 Å². The molecule has 2 aromatic rings. The molecule has 110 valence electrons. The molecule has 0 bridgehead atoms. The first-order valence-electron chi connectivity index (χ1n) is 7.08. The summed E-state index contributed by atoms with van der Waals surface area (Å²) in [6, 6.07) is 6.40. The second-order valence-electron chi connectivity index (χ2n) is 5.23. The summed E-state index contributed by atoms with van der Waals surface area (Å²) in [5, 5.41) is 3.34. The van der Waals surface area contributed by atoms with E-state index in [4.69, 9.17) is 4.74 Å². The van der Waals surface area contributed by atoms with Crippen molar-refractivity contribution in [2.75, 3.05) is 13.7 Å². The summed E-state index contributed by atoms with van der Waals surface area (Å²) in [7, 11) is 1.96. The molecule has 0 saturated carbocycles. The summed E-state index contributed by atoms with van der Waals surface area (Å²) in [6.45, 7) is 2.69. The fraction of sp³-hybridized carbons (Fsp3) is 0.375. The quantitative estimate of drug-likeness (QED) is 0.923. The van der Waals surface area contributed by atoms with E-state index in [0.29, 0.717) is 0 Å². The molecule has 1 atom stereocenters. The number of nitrogens with zero attached hydrogens (tertiary/aromatic N) is 2. The van der Waals surface area contributed by atoms with Crippen molar-refractivity contribution >= 4 is 15.9 Å². The Bertz CT molecular complexity index is 660. The summed E-state index contributed by atoms with van der Waals surface area (Å²) in [4.78, 5) is 8.69. The normalized spacial score (nSPS) is 14.6. The number of aromatic nitrogens is 2. The lowest BCUT2D eigenvalue weighted by atomic mass is 9.99. The van der Waals surface area contributed by atoms with Gasteiger partial charge in [-0.15, -0.1) is 0 Å². The molecule has 0 amide bonds. The number of hydrogen-bond donors (Lipinski definition) is 1. The van der Waals surface area contributed by atoms with Gasteiger partial charge in [-0.3, -0.25) is 0 Å². The number of fused-ring (bicyclic) bond motifs is 1. The van der Waals surface area contributed by atoms with Crippen LogP contribution in [0.15, 0.2) is 28.9 Å². The minimum Gasteiger partial charge on any atom is -0.493 e. The summed E-state index contributed by atoms with van der Waals surface area (Å²) in [5.41, 5.74) is 3.51. The zero-order valence-electron chi connectivity index (χ0n) is 12.2. The lowest BCUT2D eigenvalue weighted by Crippen LogP contribution is -2.20. The van der Waals surface area contributed by atoms with Crippen LogP contribution in [0.2, 0.25) is 0 Å². The van der Waals surface area contributed by atoms with Gasteiger partial charge in [0.05, 0.1) is 18.3 Å². The van der Waals surface area contributed by atoms with Crippen LogP contribution in [-0.2, 0) is 12.8 Å². The van der Waals surface area contributed by atoms with Gasteiger partial charge in [-0.05, 0) is 49.7 Å². The first kappa shape index (κ1) is 14.5. The van der Waals surface area contributed by atoms with E-state index in [9.17, 15) is 0 Å². The summed E-state index contributed by atoms with van der Waals surface area (Å²) >= 11 is 3.59. The van der Waals surface area contributed by atoms with Gasteiger partial charge in [-0.2, -0.15) is 0 Å². The number of aryl methyl sites for hydroxylation is 1. The van der Waals surface area contributed by atoms with E-state index in [-0.39, 0.29) is 6.04 Å². The summed E-state index contributed by atoms with van der Waals surface area (Å²) < 4.78 is 6.92. The summed E-state index contributed by atoms with van der Waals surface area (Å²) in [6.07, 6.45) is 3.64. The van der Waals surface area contributed by atoms with Gasteiger partial charge in [-0.1, -0.05) is 15.9 Å². The Kier molecular flexibility index (Phi) is 4.22. The van der Waals surface area contributed by atoms with E-state index < -0.39 is 0 Å². The molecule has 1 N–H and O–H groups in total. The largest absolute Gasteiger partial charge is 0.493 e. The van der Waals surface area contributed by atoms with Crippen LogP contribution < -0.4 is 10.1 Å². The number of benzene rings is 1. The lowest BCUT2D eigenvalue weighted by Gasteiger charge is -2.18. The maximum absolute atomic E-state index is 5.81. The molecule has 2 heterocycles. The van der Waals surface area contributed by atoms with Crippen LogP contribution in [0.5, 0.6) is 5.75 Å². The third-order valence-corrected chi connectivity index (χ3v) is 4.21. The molecule has 1 aliphatic heterocycles. The topological polar surface area (TPSA) is 47.0 Å². The van der Waals surface area contributed by atoms with Crippen molar-refractivity contribution in [3.05, 3.63) is 51.5 Å². The smallest absolute Gasteiger partial charge is 0.125 e. The molecule has 0 spiro atoms. The Morgan fingerprint density at radius 3 is 3.05 bits per heavy atom. The molecule has 1 unspecified atom stereocenters. The standard InChI is InChI=1S/C16H18BrN3O/c1-10-19-5-3-14(20-10)15(18-2)9-12-8-13(17)7-11-4-6-21-16(11)12/h3,5,7-8,15,18H,4,6,9H2,1-2H3. The van der Waals surface area contributed by atoms with Crippen molar-refractivity contribution in [2.24, 2.45) is 0 Å². The highest BCUT2D eigenvalue weighted by atomic mass is 79.9. The van der Waals surface area contributed by atoms with Crippen LogP contribution in [0.4, 0.5) is 0 Å². The number of halogens is 1. The Hall–Kier alpha value is -1.46. The van der Waals surface area contributed by atoms with E-state index in [0.717, 1.165) is 41.2 Å². The van der Waals surface area contributed by atoms with E-state index in [2.05, 4.69) is 43.3 Å². The van der Waals surface area contributed by atoms with Crippen molar-refractivity contribution in [1.29, 1.82) is 0 Å². The second-order valence-corrected chi connectivity index (χ2v) is 6.14. The molecule has 1 aliphatic rings. The van der Waals surface area contributed by atoms with Gasteiger partial charge < -0.3 is 10.1 Å². The highest BCUT2D eigenvalue weighted by Crippen LogP contribution is 2.35. The SMILES string of the molecule is CNC(Cc1cc(Br)cc2c1OCC2)c1ccnc(C)n1. The molecular formula is C16H18BrN3O. The van der Waals surface area contributed by atoms with Gasteiger partial charge in [0.15, 0.2) is 0 Å². The third-order valence-electron chi connectivity index (χ3n) is 3.75. The molecule has 5 heteroatoms. The molecular weight excluding hydrogens is 330 g/mol. The molecule has 21 heavy (non-hydrogen) atoms. The molecule has 1 aromatic heterocycles. The Morgan fingerprint density at radius 1 is 1.43 bits per heavy atom. The molecule has 0 radical (unpaired) electrons. The van der Waals surface area contributed by atoms with E-state index in [1.165, 1.54) is 11.1 Å². The van der Waals surface area contributed by atoms with Gasteiger partial charge in [0, 0.05) is 17.1 Å². The number of nitrogens with one attached hydrogen (secondary N) is 1. The lowest BCUT2D eigenvalue weighted by molar-refractivity contribution is 0.351. The summed E-state index contributed by atoms with van der Waals surface area (Å²) in [5.74, 6) is 1.84. The predicted octanol–water partition coefficient (Wildman–Crippen LogP) is 2.99. The van der Waals surface area contributed by atoms with E-state index in [1.807, 2.05) is 26.2 Å². The van der Waals surface area contributed by atoms with Crippen LogP contribution in [0.1, 0.15) is 28.7 Å². The molecule has 3 rings (SSSR count). The van der Waals surface area contributed by atoms with Gasteiger partial charge in [-0.25, -0.2) is 9.97 Å². The average Bonchev–Trinajstić information content (AvgIpc) is 2.92. The highest BCUT2D eigenvalue weighted by molar-refractivity contribution is 9.10. The first-order valence-corrected chi connectivity index (χ1v) is 7.87. The van der Waals surface area contributed by atoms with Crippen molar-refractivity contribution in [3.63, 3.8) is 0 Å². The van der Waals surface area contributed by atoms with Crippen LogP contribution >= 0.6 is 15.9 Å². The van der Waals surface area contributed by atoms with Crippen molar-refractivity contribution in [3.8, 4) is 5.75 Å². The Balaban J connectivity index is 1.91. The van der Waals surface area contributed by atoms with E-state index in [1.54, 1.807) is 0 Å². The number of ether oxygens (including phenoxy) is 1. The van der Waals surface area contributed by atoms with Crippen LogP contribution in [-0.4, -0.2) is 23.6 Å². The maximum Gasteiger partial charge on any atom is 0.125 e. The predicted molar refractivity (Wildman–Crippen MR) is 85.6 cm³/mol. The first-order chi connectivity index (χ1) is 10.2. The minimum atomic E-state index is 0.147. The van der Waals surface area contributed by atoms with Crippen LogP contribution in [0, 0.1) is 6.92 Å².